The van der Waals surface area contributed by atoms with Crippen molar-refractivity contribution in [2.75, 3.05) is 7.11 Å². The molecule has 0 aromatic heterocycles. The van der Waals surface area contributed by atoms with Crippen molar-refractivity contribution in [3.63, 3.8) is 0 Å². The van der Waals surface area contributed by atoms with Crippen molar-refractivity contribution in [2.45, 2.75) is 36.7 Å². The molecule has 100 valence electrons. The summed E-state index contributed by atoms with van der Waals surface area (Å²) in [5.74, 6) is -0.336. The first-order chi connectivity index (χ1) is 8.47. The fraction of sp³-hybridized carbons (Fsp3) is 0.538. The van der Waals surface area contributed by atoms with Gasteiger partial charge in [-0.25, -0.2) is 4.39 Å². The summed E-state index contributed by atoms with van der Waals surface area (Å²) < 4.78 is 19.9. The molecule has 0 spiro atoms. The molecule has 1 nitrogen and oxygen atoms in total. The van der Waals surface area contributed by atoms with Gasteiger partial charge >= 0.3 is 0 Å². The van der Waals surface area contributed by atoms with Crippen LogP contribution in [0.4, 0.5) is 4.39 Å². The third-order valence-corrected chi connectivity index (χ3v) is 5.21. The van der Waals surface area contributed by atoms with E-state index in [4.69, 9.17) is 27.9 Å². The van der Waals surface area contributed by atoms with Crippen molar-refractivity contribution in [3.8, 4) is 0 Å². The van der Waals surface area contributed by atoms with E-state index in [0.29, 0.717) is 21.5 Å². The molecule has 0 saturated heterocycles. The summed E-state index contributed by atoms with van der Waals surface area (Å²) in [7, 11) is 1.69. The van der Waals surface area contributed by atoms with Crippen molar-refractivity contribution in [1.82, 2.24) is 0 Å². The fourth-order valence-corrected chi connectivity index (χ4v) is 3.21. The number of halogens is 4. The standard InChI is InChI=1S/C13H14BrCl2FO/c1-18-13(3-2-4-13)7-11(16)8-5-10(15)9(14)6-12(8)17/h5-6,11H,2-4,7H2,1H3. The highest BCUT2D eigenvalue weighted by Gasteiger charge is 2.39. The van der Waals surface area contributed by atoms with E-state index in [-0.39, 0.29) is 11.4 Å². The number of hydrogen-bond acceptors (Lipinski definition) is 1. The van der Waals surface area contributed by atoms with Gasteiger partial charge in [-0.1, -0.05) is 11.6 Å². The van der Waals surface area contributed by atoms with Gasteiger partial charge in [0, 0.05) is 17.1 Å². The molecule has 0 radical (unpaired) electrons. The molecule has 0 N–H and O–H groups in total. The molecule has 1 aliphatic rings. The van der Waals surface area contributed by atoms with E-state index < -0.39 is 5.38 Å². The molecule has 1 aliphatic carbocycles. The van der Waals surface area contributed by atoms with Crippen LogP contribution in [-0.4, -0.2) is 12.7 Å². The number of hydrogen-bond donors (Lipinski definition) is 0. The summed E-state index contributed by atoms with van der Waals surface area (Å²) in [6.07, 6.45) is 3.72. The van der Waals surface area contributed by atoms with E-state index >= 15 is 0 Å². The van der Waals surface area contributed by atoms with E-state index in [1.165, 1.54) is 6.07 Å². The van der Waals surface area contributed by atoms with Gasteiger partial charge in [0.2, 0.25) is 0 Å². The number of ether oxygens (including phenoxy) is 1. The molecule has 1 fully saturated rings. The van der Waals surface area contributed by atoms with Gasteiger partial charge < -0.3 is 4.74 Å². The van der Waals surface area contributed by atoms with E-state index in [1.54, 1.807) is 13.2 Å². The molecule has 1 aromatic carbocycles. The van der Waals surface area contributed by atoms with Gasteiger partial charge in [0.25, 0.3) is 0 Å². The smallest absolute Gasteiger partial charge is 0.129 e. The summed E-state index contributed by atoms with van der Waals surface area (Å²) in [5.41, 5.74) is 0.256. The van der Waals surface area contributed by atoms with Crippen LogP contribution in [0.1, 0.15) is 36.6 Å². The van der Waals surface area contributed by atoms with E-state index in [2.05, 4.69) is 15.9 Å². The number of benzene rings is 1. The zero-order chi connectivity index (χ0) is 13.3. The van der Waals surface area contributed by atoms with E-state index in [0.717, 1.165) is 19.3 Å². The second-order valence-electron chi connectivity index (χ2n) is 4.70. The number of alkyl halides is 1. The molecule has 2 rings (SSSR count). The molecule has 0 aliphatic heterocycles. The Labute approximate surface area is 125 Å². The predicted octanol–water partition coefficient (Wildman–Crippen LogP) is 5.48. The maximum atomic E-state index is 13.9. The fourth-order valence-electron chi connectivity index (χ4n) is 2.28. The maximum absolute atomic E-state index is 13.9. The van der Waals surface area contributed by atoms with Crippen LogP contribution in [0.3, 0.4) is 0 Å². The van der Waals surface area contributed by atoms with Gasteiger partial charge in [-0.3, -0.25) is 0 Å². The highest BCUT2D eigenvalue weighted by atomic mass is 79.9. The minimum atomic E-state index is -0.421. The molecule has 0 heterocycles. The molecule has 1 unspecified atom stereocenters. The lowest BCUT2D eigenvalue weighted by molar-refractivity contribution is -0.0781. The Kier molecular flexibility index (Phi) is 4.58. The molecule has 18 heavy (non-hydrogen) atoms. The highest BCUT2D eigenvalue weighted by molar-refractivity contribution is 9.10. The topological polar surface area (TPSA) is 9.23 Å². The normalized spacial score (nSPS) is 19.4. The zero-order valence-corrected chi connectivity index (χ0v) is 13.1. The predicted molar refractivity (Wildman–Crippen MR) is 75.9 cm³/mol. The SMILES string of the molecule is COC1(CC(Cl)c2cc(Cl)c(Br)cc2F)CCC1. The Morgan fingerprint density at radius 3 is 2.67 bits per heavy atom. The van der Waals surface area contributed by atoms with E-state index in [1.807, 2.05) is 0 Å². The van der Waals surface area contributed by atoms with Crippen LogP contribution in [-0.2, 0) is 4.74 Å². The monoisotopic (exact) mass is 354 g/mol. The Hall–Kier alpha value is 0.170. The zero-order valence-electron chi connectivity index (χ0n) is 9.98. The molecule has 0 amide bonds. The first kappa shape index (κ1) is 14.6. The van der Waals surface area contributed by atoms with Crippen molar-refractivity contribution < 1.29 is 9.13 Å². The van der Waals surface area contributed by atoms with Gasteiger partial charge in [0.05, 0.1) is 16.0 Å². The molecule has 1 atom stereocenters. The molecule has 1 aromatic rings. The van der Waals surface area contributed by atoms with Gasteiger partial charge in [-0.05, 0) is 53.7 Å². The van der Waals surface area contributed by atoms with Crippen LogP contribution in [0.15, 0.2) is 16.6 Å². The Morgan fingerprint density at radius 1 is 1.50 bits per heavy atom. The summed E-state index contributed by atoms with van der Waals surface area (Å²) >= 11 is 15.5. The van der Waals surface area contributed by atoms with E-state index in [9.17, 15) is 4.39 Å². The van der Waals surface area contributed by atoms with Gasteiger partial charge in [-0.15, -0.1) is 11.6 Å². The lowest BCUT2D eigenvalue weighted by Gasteiger charge is -2.41. The lowest BCUT2D eigenvalue weighted by atomic mass is 9.76. The van der Waals surface area contributed by atoms with Crippen LogP contribution in [0, 0.1) is 5.82 Å². The Balaban J connectivity index is 2.18. The van der Waals surface area contributed by atoms with Gasteiger partial charge in [0.15, 0.2) is 0 Å². The number of methoxy groups -OCH3 is 1. The lowest BCUT2D eigenvalue weighted by Crippen LogP contribution is -2.40. The molecule has 0 bridgehead atoms. The first-order valence-electron chi connectivity index (χ1n) is 5.81. The van der Waals surface area contributed by atoms with Crippen molar-refractivity contribution in [2.24, 2.45) is 0 Å². The van der Waals surface area contributed by atoms with Crippen molar-refractivity contribution >= 4 is 39.1 Å². The minimum Gasteiger partial charge on any atom is -0.378 e. The largest absolute Gasteiger partial charge is 0.378 e. The van der Waals surface area contributed by atoms with Crippen LogP contribution in [0.5, 0.6) is 0 Å². The second kappa shape index (κ2) is 5.66. The highest BCUT2D eigenvalue weighted by Crippen LogP contribution is 2.45. The average molecular weight is 356 g/mol. The second-order valence-corrected chi connectivity index (χ2v) is 6.49. The van der Waals surface area contributed by atoms with Crippen LogP contribution < -0.4 is 0 Å². The van der Waals surface area contributed by atoms with Crippen LogP contribution >= 0.6 is 39.1 Å². The van der Waals surface area contributed by atoms with Crippen molar-refractivity contribution in [1.29, 1.82) is 0 Å². The quantitative estimate of drug-likeness (QED) is 0.513. The Bertz CT molecular complexity index is 443. The summed E-state index contributed by atoms with van der Waals surface area (Å²) in [6, 6.07) is 2.94. The molecular formula is C13H14BrCl2FO. The summed E-state index contributed by atoms with van der Waals surface area (Å²) in [4.78, 5) is 0. The molecule has 1 saturated carbocycles. The molecular weight excluding hydrogens is 342 g/mol. The average Bonchev–Trinajstić information content (AvgIpc) is 2.28. The third kappa shape index (κ3) is 2.84. The van der Waals surface area contributed by atoms with Crippen molar-refractivity contribution in [3.05, 3.63) is 33.0 Å². The third-order valence-electron chi connectivity index (χ3n) is 3.63. The first-order valence-corrected chi connectivity index (χ1v) is 7.42. The summed E-state index contributed by atoms with van der Waals surface area (Å²) in [5, 5.41) is 0.0491. The Morgan fingerprint density at radius 2 is 2.17 bits per heavy atom. The van der Waals surface area contributed by atoms with Gasteiger partial charge in [-0.2, -0.15) is 0 Å². The molecule has 5 heteroatoms. The number of rotatable bonds is 4. The van der Waals surface area contributed by atoms with Crippen LogP contribution in [0.2, 0.25) is 5.02 Å². The maximum Gasteiger partial charge on any atom is 0.129 e. The van der Waals surface area contributed by atoms with Crippen LogP contribution in [0.25, 0.3) is 0 Å². The van der Waals surface area contributed by atoms with Gasteiger partial charge in [0.1, 0.15) is 5.82 Å². The minimum absolute atomic E-state index is 0.182. The summed E-state index contributed by atoms with van der Waals surface area (Å²) in [6.45, 7) is 0.